The molecule has 0 aliphatic heterocycles. The van der Waals surface area contributed by atoms with Crippen LogP contribution >= 0.6 is 0 Å². The maximum Gasteiger partial charge on any atom is 0.159 e. The van der Waals surface area contributed by atoms with Crippen LogP contribution in [0.15, 0.2) is 36.7 Å². The van der Waals surface area contributed by atoms with E-state index in [2.05, 4.69) is 38.1 Å². The van der Waals surface area contributed by atoms with E-state index in [1.165, 1.54) is 140 Å². The predicted molar refractivity (Wildman–Crippen MR) is 177 cm³/mol. The summed E-state index contributed by atoms with van der Waals surface area (Å²) in [6, 6.07) is 8.30. The number of hydrogen-bond donors (Lipinski definition) is 0. The van der Waals surface area contributed by atoms with Crippen LogP contribution in [0, 0.1) is 11.8 Å². The summed E-state index contributed by atoms with van der Waals surface area (Å²) >= 11 is 0. The number of rotatable bonds is 23. The Morgan fingerprint density at radius 3 is 1.63 bits per heavy atom. The van der Waals surface area contributed by atoms with Crippen LogP contribution < -0.4 is 4.74 Å². The second-order valence-corrected chi connectivity index (χ2v) is 13.0. The Morgan fingerprint density at radius 2 is 1.07 bits per heavy atom. The third-order valence-corrected chi connectivity index (χ3v) is 9.36. The molecule has 0 unspecified atom stereocenters. The lowest BCUT2D eigenvalue weighted by molar-refractivity contribution is 0.248. The van der Waals surface area contributed by atoms with Gasteiger partial charge in [-0.3, -0.25) is 0 Å². The van der Waals surface area contributed by atoms with Gasteiger partial charge in [0.05, 0.1) is 6.61 Å². The zero-order valence-corrected chi connectivity index (χ0v) is 26.9. The molecular weight excluding hydrogens is 500 g/mol. The van der Waals surface area contributed by atoms with Crippen LogP contribution in [0.5, 0.6) is 5.75 Å². The molecule has 0 spiro atoms. The highest BCUT2D eigenvalue weighted by atomic mass is 16.5. The summed E-state index contributed by atoms with van der Waals surface area (Å²) in [6.45, 7) is 5.39. The number of aryl methyl sites for hydroxylation is 1. The van der Waals surface area contributed by atoms with Crippen LogP contribution in [0.2, 0.25) is 0 Å². The molecule has 3 heteroatoms. The van der Waals surface area contributed by atoms with Crippen molar-refractivity contribution >= 4 is 0 Å². The van der Waals surface area contributed by atoms with Gasteiger partial charge in [0.2, 0.25) is 0 Å². The molecule has 1 aliphatic rings. The third-order valence-electron chi connectivity index (χ3n) is 9.36. The van der Waals surface area contributed by atoms with Crippen molar-refractivity contribution < 1.29 is 4.74 Å². The van der Waals surface area contributed by atoms with E-state index in [9.17, 15) is 0 Å². The van der Waals surface area contributed by atoms with Crippen molar-refractivity contribution in [1.82, 2.24) is 9.97 Å². The van der Waals surface area contributed by atoms with E-state index in [1.54, 1.807) is 0 Å². The molecular formula is C38H62N2O. The van der Waals surface area contributed by atoms with Crippen molar-refractivity contribution in [2.45, 2.75) is 162 Å². The second-order valence-electron chi connectivity index (χ2n) is 13.0. The van der Waals surface area contributed by atoms with E-state index < -0.39 is 0 Å². The number of hydrogen-bond acceptors (Lipinski definition) is 3. The minimum atomic E-state index is 0.807. The van der Waals surface area contributed by atoms with Crippen LogP contribution in [0.25, 0.3) is 11.4 Å². The van der Waals surface area contributed by atoms with Crippen LogP contribution in [0.3, 0.4) is 0 Å². The van der Waals surface area contributed by atoms with E-state index in [0.29, 0.717) is 0 Å². The van der Waals surface area contributed by atoms with E-state index in [0.717, 1.165) is 48.4 Å². The highest BCUT2D eigenvalue weighted by molar-refractivity contribution is 5.55. The fourth-order valence-corrected chi connectivity index (χ4v) is 6.51. The van der Waals surface area contributed by atoms with E-state index >= 15 is 0 Å². The van der Waals surface area contributed by atoms with Gasteiger partial charge in [0.15, 0.2) is 5.82 Å². The predicted octanol–water partition coefficient (Wildman–Crippen LogP) is 11.9. The summed E-state index contributed by atoms with van der Waals surface area (Å²) in [5.41, 5.74) is 2.34. The molecule has 0 bridgehead atoms. The first-order valence-electron chi connectivity index (χ1n) is 17.8. The van der Waals surface area contributed by atoms with Gasteiger partial charge < -0.3 is 4.74 Å². The molecule has 1 heterocycles. The van der Waals surface area contributed by atoms with Crippen LogP contribution in [-0.2, 0) is 6.42 Å². The maximum atomic E-state index is 5.97. The molecule has 1 fully saturated rings. The van der Waals surface area contributed by atoms with Gasteiger partial charge in [0, 0.05) is 18.0 Å². The first-order valence-corrected chi connectivity index (χ1v) is 17.8. The average molecular weight is 563 g/mol. The molecule has 41 heavy (non-hydrogen) atoms. The molecule has 3 rings (SSSR count). The van der Waals surface area contributed by atoms with Crippen molar-refractivity contribution in [1.29, 1.82) is 0 Å². The molecule has 0 atom stereocenters. The zero-order chi connectivity index (χ0) is 28.8. The molecule has 0 radical (unpaired) electrons. The molecule has 230 valence electrons. The highest BCUT2D eigenvalue weighted by Crippen LogP contribution is 2.34. The Kier molecular flexibility index (Phi) is 17.8. The zero-order valence-electron chi connectivity index (χ0n) is 26.9. The lowest BCUT2D eigenvalue weighted by Gasteiger charge is -2.28. The van der Waals surface area contributed by atoms with Crippen molar-refractivity contribution in [3.8, 4) is 17.1 Å². The Morgan fingerprint density at radius 1 is 0.585 bits per heavy atom. The summed E-state index contributed by atoms with van der Waals surface area (Å²) < 4.78 is 5.97. The standard InChI is InChI=1S/C38H62N2O/c1-3-5-7-9-11-12-14-16-18-30-41-37-28-26-36(27-29-37)38-39-31-35(32-40-38)25-24-34-22-20-33(21-23-34)19-17-15-13-10-8-6-4-2/h26-29,31-34H,3-25,30H2,1-2H3. The fourth-order valence-electron chi connectivity index (χ4n) is 6.51. The number of benzene rings is 1. The van der Waals surface area contributed by atoms with Crippen LogP contribution in [0.4, 0.5) is 0 Å². The minimum Gasteiger partial charge on any atom is -0.494 e. The Hall–Kier alpha value is -1.90. The van der Waals surface area contributed by atoms with Gasteiger partial charge in [0.1, 0.15) is 5.75 Å². The molecule has 0 N–H and O–H groups in total. The number of ether oxygens (including phenoxy) is 1. The second kappa shape index (κ2) is 21.8. The molecule has 3 nitrogen and oxygen atoms in total. The topological polar surface area (TPSA) is 35.0 Å². The quantitative estimate of drug-likeness (QED) is 0.126. The van der Waals surface area contributed by atoms with Crippen molar-refractivity contribution in [3.05, 3.63) is 42.2 Å². The van der Waals surface area contributed by atoms with E-state index in [-0.39, 0.29) is 0 Å². The lowest BCUT2D eigenvalue weighted by atomic mass is 9.78. The van der Waals surface area contributed by atoms with Crippen molar-refractivity contribution in [2.24, 2.45) is 11.8 Å². The summed E-state index contributed by atoms with van der Waals surface area (Å²) in [5.74, 6) is 3.64. The lowest BCUT2D eigenvalue weighted by Crippen LogP contribution is -2.15. The van der Waals surface area contributed by atoms with Gasteiger partial charge >= 0.3 is 0 Å². The Bertz CT molecular complexity index is 870. The summed E-state index contributed by atoms with van der Waals surface area (Å²) in [7, 11) is 0. The van der Waals surface area contributed by atoms with Gasteiger partial charge in [-0.15, -0.1) is 0 Å². The largest absolute Gasteiger partial charge is 0.494 e. The monoisotopic (exact) mass is 562 g/mol. The SMILES string of the molecule is CCCCCCCCCCCOc1ccc(-c2ncc(CCC3CCC(CCCCCCCCC)CC3)cn2)cc1. The van der Waals surface area contributed by atoms with Gasteiger partial charge in [-0.1, -0.05) is 142 Å². The van der Waals surface area contributed by atoms with Gasteiger partial charge in [-0.25, -0.2) is 9.97 Å². The summed E-state index contributed by atoms with van der Waals surface area (Å²) in [5, 5.41) is 0. The first-order chi connectivity index (χ1) is 20.3. The normalized spacial score (nSPS) is 17.1. The van der Waals surface area contributed by atoms with Crippen LogP contribution in [-0.4, -0.2) is 16.6 Å². The smallest absolute Gasteiger partial charge is 0.159 e. The van der Waals surface area contributed by atoms with Gasteiger partial charge in [-0.2, -0.15) is 0 Å². The molecule has 2 aromatic rings. The number of unbranched alkanes of at least 4 members (excludes halogenated alkanes) is 14. The summed E-state index contributed by atoms with van der Waals surface area (Å²) in [6.07, 6.45) is 35.8. The fraction of sp³-hybridized carbons (Fsp3) is 0.737. The Labute approximate surface area is 253 Å². The minimum absolute atomic E-state index is 0.807. The highest BCUT2D eigenvalue weighted by Gasteiger charge is 2.20. The molecule has 1 aliphatic carbocycles. The average Bonchev–Trinajstić information content (AvgIpc) is 3.02. The van der Waals surface area contributed by atoms with Crippen LogP contribution in [0.1, 0.15) is 161 Å². The molecule has 0 saturated heterocycles. The van der Waals surface area contributed by atoms with E-state index in [1.807, 2.05) is 12.4 Å². The maximum absolute atomic E-state index is 5.97. The molecule has 0 amide bonds. The van der Waals surface area contributed by atoms with Crippen molar-refractivity contribution in [2.75, 3.05) is 6.61 Å². The summed E-state index contributed by atoms with van der Waals surface area (Å²) in [4.78, 5) is 9.39. The number of aromatic nitrogens is 2. The third kappa shape index (κ3) is 14.7. The first kappa shape index (κ1) is 33.6. The Balaban J connectivity index is 1.24. The number of nitrogens with zero attached hydrogens (tertiary/aromatic N) is 2. The van der Waals surface area contributed by atoms with Gasteiger partial charge in [-0.05, 0) is 60.9 Å². The van der Waals surface area contributed by atoms with Gasteiger partial charge in [0.25, 0.3) is 0 Å². The van der Waals surface area contributed by atoms with E-state index in [4.69, 9.17) is 14.7 Å². The van der Waals surface area contributed by atoms with Crippen molar-refractivity contribution in [3.63, 3.8) is 0 Å². The molecule has 1 aromatic carbocycles. The molecule has 1 aromatic heterocycles. The molecule has 1 saturated carbocycles.